The molecule has 0 amide bonds. The molecule has 7 nitrogen and oxygen atoms in total. The Morgan fingerprint density at radius 3 is 2.64 bits per heavy atom. The molecule has 0 saturated carbocycles. The first-order chi connectivity index (χ1) is 13.5. The van der Waals surface area contributed by atoms with E-state index in [-0.39, 0.29) is 28.1 Å². The zero-order chi connectivity index (χ0) is 19.8. The highest BCUT2D eigenvalue weighted by Gasteiger charge is 2.27. The average Bonchev–Trinajstić information content (AvgIpc) is 3.27. The third-order valence-electron chi connectivity index (χ3n) is 4.01. The number of nitrogens with zero attached hydrogens (tertiary/aromatic N) is 4. The summed E-state index contributed by atoms with van der Waals surface area (Å²) in [5, 5.41) is 17.7. The second kappa shape index (κ2) is 7.10. The van der Waals surface area contributed by atoms with Gasteiger partial charge in [-0.1, -0.05) is 58.2 Å². The van der Waals surface area contributed by atoms with Gasteiger partial charge < -0.3 is 9.63 Å². The minimum atomic E-state index is -1.28. The summed E-state index contributed by atoms with van der Waals surface area (Å²) in [7, 11) is 0. The van der Waals surface area contributed by atoms with E-state index in [1.807, 2.05) is 31.2 Å². The zero-order valence-electron chi connectivity index (χ0n) is 14.4. The van der Waals surface area contributed by atoms with Crippen LogP contribution in [0.3, 0.4) is 0 Å². The number of aryl methyl sites for hydroxylation is 1. The summed E-state index contributed by atoms with van der Waals surface area (Å²) in [5.41, 5.74) is 2.05. The molecule has 0 fully saturated rings. The van der Waals surface area contributed by atoms with E-state index in [0.29, 0.717) is 10.7 Å². The third-order valence-corrected chi connectivity index (χ3v) is 4.69. The highest BCUT2D eigenvalue weighted by Crippen LogP contribution is 2.34. The smallest absolute Gasteiger partial charge is 0.358 e. The number of carboxylic acids is 1. The number of benzene rings is 2. The van der Waals surface area contributed by atoms with Gasteiger partial charge in [-0.3, -0.25) is 0 Å². The number of halogens is 2. The Bertz CT molecular complexity index is 1200. The van der Waals surface area contributed by atoms with Crippen LogP contribution in [-0.4, -0.2) is 31.0 Å². The topological polar surface area (TPSA) is 94.0 Å². The fourth-order valence-corrected chi connectivity index (χ4v) is 3.24. The van der Waals surface area contributed by atoms with Crippen LogP contribution in [0.15, 0.2) is 53.1 Å². The van der Waals surface area contributed by atoms with E-state index < -0.39 is 5.97 Å². The third kappa shape index (κ3) is 3.15. The number of aromatic carboxylic acids is 1. The summed E-state index contributed by atoms with van der Waals surface area (Å²) in [5.74, 6) is -0.903. The molecule has 2 aromatic carbocycles. The number of carboxylic acid groups (broad SMARTS) is 1. The van der Waals surface area contributed by atoms with Crippen molar-refractivity contribution in [2.45, 2.75) is 6.92 Å². The summed E-state index contributed by atoms with van der Waals surface area (Å²) in [6, 6.07) is 14.4. The fraction of sp³-hybridized carbons (Fsp3) is 0.0526. The van der Waals surface area contributed by atoms with Gasteiger partial charge in [0.2, 0.25) is 5.82 Å². The quantitative estimate of drug-likeness (QED) is 0.510. The second-order valence-electron chi connectivity index (χ2n) is 5.97. The van der Waals surface area contributed by atoms with Crippen LogP contribution in [0.2, 0.25) is 10.0 Å². The lowest BCUT2D eigenvalue weighted by Gasteiger charge is -2.06. The largest absolute Gasteiger partial charge is 0.476 e. The van der Waals surface area contributed by atoms with Crippen LogP contribution in [0.4, 0.5) is 0 Å². The lowest BCUT2D eigenvalue weighted by molar-refractivity contribution is 0.0690. The number of aromatic nitrogens is 4. The predicted molar refractivity (Wildman–Crippen MR) is 104 cm³/mol. The van der Waals surface area contributed by atoms with Crippen molar-refractivity contribution in [2.24, 2.45) is 0 Å². The molecule has 0 radical (unpaired) electrons. The lowest BCUT2D eigenvalue weighted by Crippen LogP contribution is -2.03. The van der Waals surface area contributed by atoms with Gasteiger partial charge in [0.15, 0.2) is 5.69 Å². The number of hydrogen-bond donors (Lipinski definition) is 1. The van der Waals surface area contributed by atoms with Gasteiger partial charge in [-0.05, 0) is 31.2 Å². The van der Waals surface area contributed by atoms with Crippen molar-refractivity contribution in [3.8, 4) is 28.7 Å². The Kier molecular flexibility index (Phi) is 4.62. The van der Waals surface area contributed by atoms with Gasteiger partial charge in [-0.15, -0.1) is 0 Å². The average molecular weight is 415 g/mol. The molecule has 0 unspecified atom stereocenters. The van der Waals surface area contributed by atoms with Crippen LogP contribution < -0.4 is 0 Å². The van der Waals surface area contributed by atoms with Gasteiger partial charge in [-0.2, -0.15) is 10.1 Å². The van der Waals surface area contributed by atoms with E-state index >= 15 is 0 Å². The fourth-order valence-electron chi connectivity index (χ4n) is 2.74. The molecule has 2 aromatic heterocycles. The van der Waals surface area contributed by atoms with Crippen LogP contribution in [0, 0.1) is 6.92 Å². The second-order valence-corrected chi connectivity index (χ2v) is 6.76. The minimum absolute atomic E-state index is 0.0985. The Labute approximate surface area is 169 Å². The first kappa shape index (κ1) is 18.2. The Hall–Kier alpha value is -3.16. The van der Waals surface area contributed by atoms with E-state index in [1.165, 1.54) is 4.68 Å². The molecule has 0 saturated heterocycles. The molecule has 2 heterocycles. The molecule has 140 valence electrons. The molecule has 9 heteroatoms. The van der Waals surface area contributed by atoms with Crippen LogP contribution in [-0.2, 0) is 0 Å². The van der Waals surface area contributed by atoms with E-state index in [2.05, 4.69) is 15.2 Å². The van der Waals surface area contributed by atoms with Crippen molar-refractivity contribution in [3.05, 3.63) is 69.8 Å². The highest BCUT2D eigenvalue weighted by atomic mass is 35.5. The van der Waals surface area contributed by atoms with Crippen molar-refractivity contribution in [2.75, 3.05) is 0 Å². The number of hydrogen-bond acceptors (Lipinski definition) is 5. The normalized spacial score (nSPS) is 11.0. The SMILES string of the molecule is Cc1cccc(-c2nc(-c3c(Cl)c(C(=O)O)nn3-c3ccccc3Cl)no2)c1. The predicted octanol–water partition coefficient (Wildman–Crippen LogP) is 4.90. The van der Waals surface area contributed by atoms with Crippen LogP contribution in [0.5, 0.6) is 0 Å². The van der Waals surface area contributed by atoms with Crippen molar-refractivity contribution in [3.63, 3.8) is 0 Å². The summed E-state index contributed by atoms with van der Waals surface area (Å²) in [6.45, 7) is 1.95. The monoisotopic (exact) mass is 414 g/mol. The van der Waals surface area contributed by atoms with E-state index in [4.69, 9.17) is 27.7 Å². The van der Waals surface area contributed by atoms with Crippen molar-refractivity contribution in [1.29, 1.82) is 0 Å². The molecular formula is C19H12Cl2N4O3. The summed E-state index contributed by atoms with van der Waals surface area (Å²) in [6.07, 6.45) is 0. The molecular weight excluding hydrogens is 403 g/mol. The van der Waals surface area contributed by atoms with Crippen LogP contribution >= 0.6 is 23.2 Å². The van der Waals surface area contributed by atoms with Crippen molar-refractivity contribution in [1.82, 2.24) is 19.9 Å². The highest BCUT2D eigenvalue weighted by molar-refractivity contribution is 6.36. The number of carbonyl (C=O) groups is 1. The lowest BCUT2D eigenvalue weighted by atomic mass is 10.1. The molecule has 0 spiro atoms. The van der Waals surface area contributed by atoms with Crippen LogP contribution in [0.25, 0.3) is 28.7 Å². The molecule has 1 N–H and O–H groups in total. The minimum Gasteiger partial charge on any atom is -0.476 e. The standard InChI is InChI=1S/C19H12Cl2N4O3/c1-10-5-4-6-11(9-10)18-22-17(24-28-18)16-14(21)15(19(26)27)23-25(16)13-8-3-2-7-12(13)20/h2-9H,1H3,(H,26,27). The number of para-hydroxylation sites is 1. The van der Waals surface area contributed by atoms with E-state index in [0.717, 1.165) is 11.1 Å². The van der Waals surface area contributed by atoms with Gasteiger partial charge >= 0.3 is 5.97 Å². The molecule has 0 aliphatic heterocycles. The first-order valence-electron chi connectivity index (χ1n) is 8.13. The van der Waals surface area contributed by atoms with E-state index in [1.54, 1.807) is 24.3 Å². The van der Waals surface area contributed by atoms with Crippen molar-refractivity contribution >= 4 is 29.2 Å². The summed E-state index contributed by atoms with van der Waals surface area (Å²) >= 11 is 12.6. The maximum atomic E-state index is 11.5. The first-order valence-corrected chi connectivity index (χ1v) is 8.89. The van der Waals surface area contributed by atoms with Gasteiger partial charge in [0.25, 0.3) is 5.89 Å². The van der Waals surface area contributed by atoms with Gasteiger partial charge in [-0.25, -0.2) is 9.48 Å². The summed E-state index contributed by atoms with van der Waals surface area (Å²) < 4.78 is 6.67. The van der Waals surface area contributed by atoms with Crippen molar-refractivity contribution < 1.29 is 14.4 Å². The zero-order valence-corrected chi connectivity index (χ0v) is 15.9. The summed E-state index contributed by atoms with van der Waals surface area (Å²) in [4.78, 5) is 15.9. The van der Waals surface area contributed by atoms with Gasteiger partial charge in [0, 0.05) is 5.56 Å². The Morgan fingerprint density at radius 1 is 1.14 bits per heavy atom. The number of rotatable bonds is 4. The molecule has 4 rings (SSSR count). The Balaban J connectivity index is 1.91. The van der Waals surface area contributed by atoms with Gasteiger partial charge in [0.1, 0.15) is 10.7 Å². The molecule has 0 atom stereocenters. The molecule has 28 heavy (non-hydrogen) atoms. The van der Waals surface area contributed by atoms with Crippen LogP contribution in [0.1, 0.15) is 16.1 Å². The molecule has 0 bridgehead atoms. The van der Waals surface area contributed by atoms with E-state index in [9.17, 15) is 9.90 Å². The Morgan fingerprint density at radius 2 is 1.93 bits per heavy atom. The molecule has 0 aliphatic rings. The maximum absolute atomic E-state index is 11.5. The van der Waals surface area contributed by atoms with Gasteiger partial charge in [0.05, 0.1) is 10.7 Å². The molecule has 4 aromatic rings. The maximum Gasteiger partial charge on any atom is 0.358 e. The molecule has 0 aliphatic carbocycles.